The fourth-order valence-corrected chi connectivity index (χ4v) is 1.60. The Balaban J connectivity index is 4.58. The van der Waals surface area contributed by atoms with Gasteiger partial charge in [-0.25, -0.2) is 0 Å². The monoisotopic (exact) mass is 227 g/mol. The number of azo groups is 1. The van der Waals surface area contributed by atoms with E-state index in [2.05, 4.69) is 64.0 Å². The van der Waals surface area contributed by atoms with Crippen molar-refractivity contribution in [3.8, 4) is 0 Å². The Morgan fingerprint density at radius 1 is 1.06 bits per heavy atom. The molecule has 0 spiro atoms. The van der Waals surface area contributed by atoms with Crippen LogP contribution in [0.2, 0.25) is 0 Å². The van der Waals surface area contributed by atoms with Crippen LogP contribution in [0.25, 0.3) is 0 Å². The molecule has 0 aliphatic carbocycles. The molecule has 1 atom stereocenters. The molecular formula is C13H29N3. The van der Waals surface area contributed by atoms with Gasteiger partial charge in [-0.05, 0) is 53.0 Å². The molecule has 96 valence electrons. The molecule has 3 nitrogen and oxygen atoms in total. The summed E-state index contributed by atoms with van der Waals surface area (Å²) in [5, 5.41) is 12.4. The van der Waals surface area contributed by atoms with Gasteiger partial charge in [0.05, 0.1) is 5.54 Å². The van der Waals surface area contributed by atoms with Crippen molar-refractivity contribution in [3.63, 3.8) is 0 Å². The first-order valence-electron chi connectivity index (χ1n) is 6.37. The quantitative estimate of drug-likeness (QED) is 0.684. The van der Waals surface area contributed by atoms with E-state index in [0.29, 0.717) is 5.92 Å². The molecule has 0 heterocycles. The second-order valence-electron chi connectivity index (χ2n) is 6.17. The van der Waals surface area contributed by atoms with Crippen LogP contribution in [0.1, 0.15) is 61.3 Å². The first-order chi connectivity index (χ1) is 7.18. The standard InChI is InChI=1S/C13H29N3/c1-8-9-14-13(7,10-11(2)3)16-15-12(4,5)6/h11,14H,8-10H2,1-7H3/b16-15+. The van der Waals surface area contributed by atoms with Crippen LogP contribution in [0.15, 0.2) is 10.2 Å². The Morgan fingerprint density at radius 3 is 2.00 bits per heavy atom. The zero-order valence-electron chi connectivity index (χ0n) is 12.1. The van der Waals surface area contributed by atoms with E-state index in [1.807, 2.05) is 0 Å². The van der Waals surface area contributed by atoms with Gasteiger partial charge in [0.25, 0.3) is 0 Å². The Bertz CT molecular complexity index is 216. The van der Waals surface area contributed by atoms with Gasteiger partial charge in [0.1, 0.15) is 5.66 Å². The maximum Gasteiger partial charge on any atom is 0.129 e. The molecule has 1 unspecified atom stereocenters. The first-order valence-corrected chi connectivity index (χ1v) is 6.37. The summed E-state index contributed by atoms with van der Waals surface area (Å²) in [6, 6.07) is 0. The number of nitrogens with zero attached hydrogens (tertiary/aromatic N) is 2. The smallest absolute Gasteiger partial charge is 0.129 e. The predicted octanol–water partition coefficient (Wildman–Crippen LogP) is 4.00. The van der Waals surface area contributed by atoms with Gasteiger partial charge in [0.2, 0.25) is 0 Å². The summed E-state index contributed by atoms with van der Waals surface area (Å²) in [4.78, 5) is 0. The van der Waals surface area contributed by atoms with Crippen LogP contribution in [0, 0.1) is 5.92 Å². The number of hydrogen-bond donors (Lipinski definition) is 1. The van der Waals surface area contributed by atoms with Crippen molar-refractivity contribution in [1.29, 1.82) is 0 Å². The second-order valence-corrected chi connectivity index (χ2v) is 6.17. The van der Waals surface area contributed by atoms with Crippen LogP contribution in [0.4, 0.5) is 0 Å². The summed E-state index contributed by atoms with van der Waals surface area (Å²) in [5.74, 6) is 0.619. The maximum absolute atomic E-state index is 4.52. The van der Waals surface area contributed by atoms with E-state index in [-0.39, 0.29) is 11.2 Å². The molecular weight excluding hydrogens is 198 g/mol. The fourth-order valence-electron chi connectivity index (χ4n) is 1.60. The van der Waals surface area contributed by atoms with Gasteiger partial charge in [-0.1, -0.05) is 20.8 Å². The minimum absolute atomic E-state index is 0.0911. The predicted molar refractivity (Wildman–Crippen MR) is 70.8 cm³/mol. The van der Waals surface area contributed by atoms with E-state index in [9.17, 15) is 0 Å². The molecule has 0 aromatic heterocycles. The molecule has 16 heavy (non-hydrogen) atoms. The number of hydrogen-bond acceptors (Lipinski definition) is 3. The highest BCUT2D eigenvalue weighted by Crippen LogP contribution is 2.20. The maximum atomic E-state index is 4.52. The summed E-state index contributed by atoms with van der Waals surface area (Å²) >= 11 is 0. The van der Waals surface area contributed by atoms with Crippen molar-refractivity contribution >= 4 is 0 Å². The lowest BCUT2D eigenvalue weighted by Gasteiger charge is -2.28. The van der Waals surface area contributed by atoms with Crippen molar-refractivity contribution < 1.29 is 0 Å². The third-order valence-electron chi connectivity index (χ3n) is 2.13. The zero-order chi connectivity index (χ0) is 12.8. The van der Waals surface area contributed by atoms with Crippen molar-refractivity contribution in [1.82, 2.24) is 5.32 Å². The highest BCUT2D eigenvalue weighted by Gasteiger charge is 2.24. The summed E-state index contributed by atoms with van der Waals surface area (Å²) in [5.41, 5.74) is -0.302. The van der Waals surface area contributed by atoms with E-state index < -0.39 is 0 Å². The minimum Gasteiger partial charge on any atom is -0.292 e. The molecule has 0 aromatic rings. The Labute approximate surface area is 101 Å². The third kappa shape index (κ3) is 7.80. The van der Waals surface area contributed by atoms with Crippen molar-refractivity contribution in [3.05, 3.63) is 0 Å². The lowest BCUT2D eigenvalue weighted by atomic mass is 9.99. The Hall–Kier alpha value is -0.440. The summed E-state index contributed by atoms with van der Waals surface area (Å²) in [6.45, 7) is 16.0. The molecule has 0 bridgehead atoms. The van der Waals surface area contributed by atoms with Crippen LogP contribution < -0.4 is 5.32 Å². The van der Waals surface area contributed by atoms with Gasteiger partial charge in [-0.15, -0.1) is 0 Å². The van der Waals surface area contributed by atoms with E-state index >= 15 is 0 Å². The van der Waals surface area contributed by atoms with Gasteiger partial charge in [-0.3, -0.25) is 5.32 Å². The molecule has 0 radical (unpaired) electrons. The molecule has 3 heteroatoms. The molecule has 0 aliphatic rings. The first kappa shape index (κ1) is 15.6. The third-order valence-corrected chi connectivity index (χ3v) is 2.13. The SMILES string of the molecule is CCCNC(C)(CC(C)C)/N=N/C(C)(C)C. The molecule has 0 fully saturated rings. The lowest BCUT2D eigenvalue weighted by molar-refractivity contribution is 0.280. The Kier molecular flexibility index (Phi) is 6.16. The molecule has 0 saturated carbocycles. The number of nitrogens with one attached hydrogen (secondary N) is 1. The Morgan fingerprint density at radius 2 is 1.62 bits per heavy atom. The highest BCUT2D eigenvalue weighted by molar-refractivity contribution is 4.81. The second kappa shape index (κ2) is 6.33. The fraction of sp³-hybridized carbons (Fsp3) is 1.00. The molecule has 0 aromatic carbocycles. The van der Waals surface area contributed by atoms with E-state index in [1.54, 1.807) is 0 Å². The minimum atomic E-state index is -0.211. The lowest BCUT2D eigenvalue weighted by Crippen LogP contribution is -2.42. The summed E-state index contributed by atoms with van der Waals surface area (Å²) < 4.78 is 0. The topological polar surface area (TPSA) is 36.8 Å². The molecule has 1 N–H and O–H groups in total. The average molecular weight is 227 g/mol. The van der Waals surface area contributed by atoms with Crippen LogP contribution in [-0.2, 0) is 0 Å². The van der Waals surface area contributed by atoms with Gasteiger partial charge in [0, 0.05) is 0 Å². The van der Waals surface area contributed by atoms with E-state index in [4.69, 9.17) is 0 Å². The van der Waals surface area contributed by atoms with Crippen LogP contribution in [-0.4, -0.2) is 17.7 Å². The summed E-state index contributed by atoms with van der Waals surface area (Å²) in [7, 11) is 0. The molecule has 0 amide bonds. The van der Waals surface area contributed by atoms with Gasteiger partial charge >= 0.3 is 0 Å². The zero-order valence-corrected chi connectivity index (χ0v) is 12.1. The summed E-state index contributed by atoms with van der Waals surface area (Å²) in [6.07, 6.45) is 2.14. The van der Waals surface area contributed by atoms with Gasteiger partial charge < -0.3 is 0 Å². The average Bonchev–Trinajstić information content (AvgIpc) is 2.10. The van der Waals surface area contributed by atoms with Crippen LogP contribution in [0.3, 0.4) is 0 Å². The van der Waals surface area contributed by atoms with Crippen molar-refractivity contribution in [2.45, 2.75) is 72.5 Å². The van der Waals surface area contributed by atoms with E-state index in [0.717, 1.165) is 19.4 Å². The highest BCUT2D eigenvalue weighted by atomic mass is 15.3. The van der Waals surface area contributed by atoms with Gasteiger partial charge in [0.15, 0.2) is 0 Å². The number of rotatable bonds is 6. The van der Waals surface area contributed by atoms with E-state index in [1.165, 1.54) is 0 Å². The van der Waals surface area contributed by atoms with Crippen LogP contribution >= 0.6 is 0 Å². The van der Waals surface area contributed by atoms with Crippen molar-refractivity contribution in [2.75, 3.05) is 6.54 Å². The molecule has 0 saturated heterocycles. The van der Waals surface area contributed by atoms with Crippen LogP contribution in [0.5, 0.6) is 0 Å². The molecule has 0 aliphatic heterocycles. The normalized spacial score (nSPS) is 17.0. The van der Waals surface area contributed by atoms with Gasteiger partial charge in [-0.2, -0.15) is 10.2 Å². The largest absolute Gasteiger partial charge is 0.292 e. The molecule has 0 rings (SSSR count). The van der Waals surface area contributed by atoms with Crippen molar-refractivity contribution in [2.24, 2.45) is 16.1 Å².